The minimum absolute atomic E-state index is 0.00230. The summed E-state index contributed by atoms with van der Waals surface area (Å²) in [5, 5.41) is 2.75. The van der Waals surface area contributed by atoms with Crippen molar-refractivity contribution in [3.8, 4) is 0 Å². The first-order valence-corrected chi connectivity index (χ1v) is 7.17. The van der Waals surface area contributed by atoms with Gasteiger partial charge in [-0.2, -0.15) is 0 Å². The molecule has 0 aliphatic carbocycles. The molecule has 1 aliphatic heterocycles. The number of hydrogen-bond donors (Lipinski definition) is 1. The minimum atomic E-state index is -0.418. The number of piperazine rings is 1. The maximum atomic E-state index is 12.3. The summed E-state index contributed by atoms with van der Waals surface area (Å²) in [6, 6.07) is 6.98. The normalized spacial score (nSPS) is 23.4. The Morgan fingerprint density at radius 3 is 2.47 bits per heavy atom. The van der Waals surface area contributed by atoms with Crippen molar-refractivity contribution in [3.05, 3.63) is 34.3 Å². The first-order valence-electron chi connectivity index (χ1n) is 6.38. The summed E-state index contributed by atoms with van der Waals surface area (Å²) in [6.07, 6.45) is 0.619. The maximum Gasteiger partial charge on any atom is 0.246 e. The zero-order valence-electron chi connectivity index (χ0n) is 11.0. The standard InChI is InChI=1S/C14H17BrN2O2/c1-3-12-14(19)17(9(2)13(18)16-12)8-10-4-6-11(15)7-5-10/h4-7,9,12H,3,8H2,1-2H3,(H,16,18). The Morgan fingerprint density at radius 2 is 1.89 bits per heavy atom. The van der Waals surface area contributed by atoms with Crippen LogP contribution in [-0.2, 0) is 16.1 Å². The molecule has 1 fully saturated rings. The van der Waals surface area contributed by atoms with Crippen LogP contribution in [0.2, 0.25) is 0 Å². The van der Waals surface area contributed by atoms with Gasteiger partial charge in [0.1, 0.15) is 12.1 Å². The Kier molecular flexibility index (Phi) is 4.24. The topological polar surface area (TPSA) is 49.4 Å². The van der Waals surface area contributed by atoms with E-state index < -0.39 is 6.04 Å². The molecule has 0 aromatic heterocycles. The highest BCUT2D eigenvalue weighted by Gasteiger charge is 2.36. The second kappa shape index (κ2) is 5.74. The molecule has 1 aliphatic rings. The number of amides is 2. The van der Waals surface area contributed by atoms with Gasteiger partial charge in [0.05, 0.1) is 0 Å². The first-order chi connectivity index (χ1) is 9.02. The SMILES string of the molecule is CCC1NC(=O)C(C)N(Cc2ccc(Br)cc2)C1=O. The quantitative estimate of drug-likeness (QED) is 0.925. The van der Waals surface area contributed by atoms with E-state index in [0.29, 0.717) is 13.0 Å². The molecular formula is C14H17BrN2O2. The third kappa shape index (κ3) is 2.97. The van der Waals surface area contributed by atoms with Gasteiger partial charge in [0.15, 0.2) is 0 Å². The highest BCUT2D eigenvalue weighted by Crippen LogP contribution is 2.17. The number of halogens is 1. The van der Waals surface area contributed by atoms with Crippen LogP contribution in [-0.4, -0.2) is 28.8 Å². The molecule has 2 atom stereocenters. The molecule has 1 N–H and O–H groups in total. The van der Waals surface area contributed by atoms with E-state index in [1.807, 2.05) is 31.2 Å². The molecule has 1 aromatic rings. The van der Waals surface area contributed by atoms with Gasteiger partial charge in [-0.15, -0.1) is 0 Å². The molecule has 19 heavy (non-hydrogen) atoms. The molecule has 0 saturated carbocycles. The van der Waals surface area contributed by atoms with Crippen molar-refractivity contribution < 1.29 is 9.59 Å². The third-order valence-electron chi connectivity index (χ3n) is 3.42. The fourth-order valence-electron chi connectivity index (χ4n) is 2.16. The van der Waals surface area contributed by atoms with Crippen molar-refractivity contribution in [1.29, 1.82) is 0 Å². The van der Waals surface area contributed by atoms with Crippen LogP contribution in [0.1, 0.15) is 25.8 Å². The zero-order chi connectivity index (χ0) is 14.0. The molecule has 0 radical (unpaired) electrons. The van der Waals surface area contributed by atoms with Gasteiger partial charge in [0.2, 0.25) is 11.8 Å². The van der Waals surface area contributed by atoms with Crippen LogP contribution >= 0.6 is 15.9 Å². The summed E-state index contributed by atoms with van der Waals surface area (Å²) in [6.45, 7) is 4.13. The van der Waals surface area contributed by atoms with Gasteiger partial charge in [-0.25, -0.2) is 0 Å². The van der Waals surface area contributed by atoms with Crippen LogP contribution < -0.4 is 5.32 Å². The second-order valence-electron chi connectivity index (χ2n) is 4.74. The Labute approximate surface area is 121 Å². The molecule has 102 valence electrons. The van der Waals surface area contributed by atoms with Gasteiger partial charge < -0.3 is 10.2 Å². The number of carbonyl (C=O) groups is 2. The van der Waals surface area contributed by atoms with Gasteiger partial charge in [0, 0.05) is 11.0 Å². The molecule has 4 nitrogen and oxygen atoms in total. The highest BCUT2D eigenvalue weighted by molar-refractivity contribution is 9.10. The highest BCUT2D eigenvalue weighted by atomic mass is 79.9. The Morgan fingerprint density at radius 1 is 1.26 bits per heavy atom. The van der Waals surface area contributed by atoms with Crippen LogP contribution in [0.3, 0.4) is 0 Å². The van der Waals surface area contributed by atoms with Gasteiger partial charge in [-0.3, -0.25) is 9.59 Å². The average Bonchev–Trinajstić information content (AvgIpc) is 2.41. The molecule has 1 saturated heterocycles. The summed E-state index contributed by atoms with van der Waals surface area (Å²) < 4.78 is 0.999. The van der Waals surface area contributed by atoms with Crippen molar-refractivity contribution >= 4 is 27.7 Å². The largest absolute Gasteiger partial charge is 0.343 e. The van der Waals surface area contributed by atoms with Crippen molar-refractivity contribution in [2.75, 3.05) is 0 Å². The molecule has 0 spiro atoms. The molecule has 5 heteroatoms. The predicted octanol–water partition coefficient (Wildman–Crippen LogP) is 2.07. The van der Waals surface area contributed by atoms with E-state index in [1.165, 1.54) is 0 Å². The summed E-state index contributed by atoms with van der Waals surface area (Å²) >= 11 is 3.38. The van der Waals surface area contributed by atoms with Gasteiger partial charge in [-0.1, -0.05) is 35.0 Å². The van der Waals surface area contributed by atoms with E-state index >= 15 is 0 Å². The predicted molar refractivity (Wildman–Crippen MR) is 76.4 cm³/mol. The van der Waals surface area contributed by atoms with Crippen molar-refractivity contribution in [3.63, 3.8) is 0 Å². The molecule has 2 unspecified atom stereocenters. The van der Waals surface area contributed by atoms with Crippen molar-refractivity contribution in [2.24, 2.45) is 0 Å². The van der Waals surface area contributed by atoms with Crippen molar-refractivity contribution in [2.45, 2.75) is 38.9 Å². The summed E-state index contributed by atoms with van der Waals surface area (Å²) in [5.74, 6) is -0.0823. The average molecular weight is 325 g/mol. The van der Waals surface area contributed by atoms with Crippen molar-refractivity contribution in [1.82, 2.24) is 10.2 Å². The van der Waals surface area contributed by atoms with Crippen LogP contribution in [0.15, 0.2) is 28.7 Å². The lowest BCUT2D eigenvalue weighted by Crippen LogP contribution is -2.61. The van der Waals surface area contributed by atoms with E-state index in [9.17, 15) is 9.59 Å². The van der Waals surface area contributed by atoms with Gasteiger partial charge >= 0.3 is 0 Å². The number of hydrogen-bond acceptors (Lipinski definition) is 2. The van der Waals surface area contributed by atoms with E-state index in [1.54, 1.807) is 11.8 Å². The van der Waals surface area contributed by atoms with E-state index in [4.69, 9.17) is 0 Å². The number of carbonyl (C=O) groups excluding carboxylic acids is 2. The molecular weight excluding hydrogens is 308 g/mol. The smallest absolute Gasteiger partial charge is 0.246 e. The van der Waals surface area contributed by atoms with Crippen LogP contribution in [0.4, 0.5) is 0 Å². The second-order valence-corrected chi connectivity index (χ2v) is 5.65. The molecule has 1 heterocycles. The molecule has 1 aromatic carbocycles. The van der Waals surface area contributed by atoms with Gasteiger partial charge in [0.25, 0.3) is 0 Å². The monoisotopic (exact) mass is 324 g/mol. The first kappa shape index (κ1) is 14.1. The molecule has 2 rings (SSSR count). The lowest BCUT2D eigenvalue weighted by atomic mass is 10.1. The lowest BCUT2D eigenvalue weighted by Gasteiger charge is -2.37. The number of rotatable bonds is 3. The van der Waals surface area contributed by atoms with Gasteiger partial charge in [-0.05, 0) is 31.0 Å². The Balaban J connectivity index is 2.18. The van der Waals surface area contributed by atoms with E-state index in [0.717, 1.165) is 10.0 Å². The third-order valence-corrected chi connectivity index (χ3v) is 3.95. The number of nitrogens with one attached hydrogen (secondary N) is 1. The Hall–Kier alpha value is -1.36. The lowest BCUT2D eigenvalue weighted by molar-refractivity contribution is -0.149. The minimum Gasteiger partial charge on any atom is -0.343 e. The summed E-state index contributed by atoms with van der Waals surface area (Å²) in [5.41, 5.74) is 1.02. The van der Waals surface area contributed by atoms with E-state index in [-0.39, 0.29) is 17.9 Å². The van der Waals surface area contributed by atoms with Crippen LogP contribution in [0, 0.1) is 0 Å². The fraction of sp³-hybridized carbons (Fsp3) is 0.429. The zero-order valence-corrected chi connectivity index (χ0v) is 12.6. The summed E-state index contributed by atoms with van der Waals surface area (Å²) in [7, 11) is 0. The molecule has 2 amide bonds. The maximum absolute atomic E-state index is 12.3. The number of benzene rings is 1. The van der Waals surface area contributed by atoms with Crippen LogP contribution in [0.25, 0.3) is 0 Å². The van der Waals surface area contributed by atoms with E-state index in [2.05, 4.69) is 21.2 Å². The fourth-order valence-corrected chi connectivity index (χ4v) is 2.43. The Bertz CT molecular complexity index is 487. The summed E-state index contributed by atoms with van der Waals surface area (Å²) in [4.78, 5) is 25.8. The molecule has 0 bridgehead atoms. The van der Waals surface area contributed by atoms with Crippen LogP contribution in [0.5, 0.6) is 0 Å². The number of nitrogens with zero attached hydrogens (tertiary/aromatic N) is 1.